The van der Waals surface area contributed by atoms with E-state index in [4.69, 9.17) is 0 Å². The molecule has 128 valence electrons. The smallest absolute Gasteiger partial charge is 0.00850 e. The van der Waals surface area contributed by atoms with Gasteiger partial charge in [-0.3, -0.25) is 0 Å². The van der Waals surface area contributed by atoms with E-state index >= 15 is 0 Å². The molecule has 0 aromatic rings. The Bertz CT molecular complexity index is 522. The summed E-state index contributed by atoms with van der Waals surface area (Å²) in [6.45, 7) is 7.42. The highest BCUT2D eigenvalue weighted by Crippen LogP contribution is 2.63. The van der Waals surface area contributed by atoms with E-state index in [1.54, 1.807) is 0 Å². The lowest BCUT2D eigenvalue weighted by atomic mass is 9.53. The van der Waals surface area contributed by atoms with Crippen molar-refractivity contribution in [2.24, 2.45) is 29.1 Å². The molecule has 0 radical (unpaired) electrons. The summed E-state index contributed by atoms with van der Waals surface area (Å²) in [5.41, 5.74) is 6.29. The van der Waals surface area contributed by atoms with E-state index in [1.807, 2.05) is 16.7 Å². The zero-order chi connectivity index (χ0) is 16.0. The van der Waals surface area contributed by atoms with Crippen molar-refractivity contribution in [2.75, 3.05) is 0 Å². The second kappa shape index (κ2) is 6.08. The molecule has 0 aromatic heterocycles. The van der Waals surface area contributed by atoms with Gasteiger partial charge >= 0.3 is 0 Å². The van der Waals surface area contributed by atoms with Gasteiger partial charge in [0.25, 0.3) is 0 Å². The summed E-state index contributed by atoms with van der Waals surface area (Å²) in [6, 6.07) is 0. The Morgan fingerprint density at radius 3 is 2.78 bits per heavy atom. The molecule has 0 aromatic carbocycles. The van der Waals surface area contributed by atoms with Crippen LogP contribution in [0, 0.1) is 29.1 Å². The monoisotopic (exact) mass is 312 g/mol. The van der Waals surface area contributed by atoms with E-state index < -0.39 is 0 Å². The minimum Gasteiger partial charge on any atom is -0.0848 e. The van der Waals surface area contributed by atoms with Gasteiger partial charge in [-0.1, -0.05) is 50.0 Å². The fourth-order valence-corrected chi connectivity index (χ4v) is 6.91. The number of unbranched alkanes of at least 4 members (excludes halogenated alkanes) is 1. The summed E-state index contributed by atoms with van der Waals surface area (Å²) in [5.74, 6) is 3.95. The Balaban J connectivity index is 1.59. The van der Waals surface area contributed by atoms with Crippen LogP contribution < -0.4 is 0 Å². The van der Waals surface area contributed by atoms with Crippen molar-refractivity contribution in [3.05, 3.63) is 22.8 Å². The zero-order valence-corrected chi connectivity index (χ0v) is 15.7. The number of hydrogen-bond acceptors (Lipinski definition) is 0. The number of allylic oxidation sites excluding steroid dienone is 4. The topological polar surface area (TPSA) is 0 Å². The van der Waals surface area contributed by atoms with Crippen molar-refractivity contribution in [3.63, 3.8) is 0 Å². The Morgan fingerprint density at radius 1 is 1.09 bits per heavy atom. The standard InChI is InChI=1S/C23H36/c1-4-5-6-18-9-12-22-21-11-8-17-15-16(2)7-10-19(17)20(21)13-14-23(18,22)3/h6,16,20-22H,4-5,7-15H2,1-3H3/b18-6-. The van der Waals surface area contributed by atoms with Gasteiger partial charge in [-0.05, 0) is 93.3 Å². The first-order valence-electron chi connectivity index (χ1n) is 10.5. The molecule has 4 aliphatic rings. The Kier molecular flexibility index (Phi) is 4.23. The zero-order valence-electron chi connectivity index (χ0n) is 15.7. The molecule has 0 heteroatoms. The van der Waals surface area contributed by atoms with Gasteiger partial charge in [-0.2, -0.15) is 0 Å². The maximum Gasteiger partial charge on any atom is -0.00850 e. The molecule has 2 saturated carbocycles. The van der Waals surface area contributed by atoms with Crippen LogP contribution in [0.15, 0.2) is 22.8 Å². The maximum absolute atomic E-state index is 2.64. The van der Waals surface area contributed by atoms with E-state index in [0.717, 1.165) is 23.7 Å². The summed E-state index contributed by atoms with van der Waals surface area (Å²) >= 11 is 0. The SMILES string of the molecule is CCC/C=C1/CCC2C3CCC4=C(CCC(C)C4)C3CCC12C. The third-order valence-electron chi connectivity index (χ3n) is 8.15. The van der Waals surface area contributed by atoms with Crippen LogP contribution in [0.4, 0.5) is 0 Å². The molecule has 0 nitrogen and oxygen atoms in total. The molecule has 5 unspecified atom stereocenters. The molecular weight excluding hydrogens is 276 g/mol. The summed E-state index contributed by atoms with van der Waals surface area (Å²) in [5, 5.41) is 0. The lowest BCUT2D eigenvalue weighted by molar-refractivity contribution is 0.0592. The van der Waals surface area contributed by atoms with Gasteiger partial charge in [0, 0.05) is 0 Å². The van der Waals surface area contributed by atoms with Crippen LogP contribution in [-0.2, 0) is 0 Å². The molecule has 0 aliphatic heterocycles. The predicted octanol–water partition coefficient (Wildman–Crippen LogP) is 7.07. The minimum absolute atomic E-state index is 0.566. The number of hydrogen-bond donors (Lipinski definition) is 0. The molecule has 0 heterocycles. The minimum atomic E-state index is 0.566. The number of fused-ring (bicyclic) bond motifs is 4. The van der Waals surface area contributed by atoms with Crippen molar-refractivity contribution in [1.29, 1.82) is 0 Å². The molecule has 0 bridgehead atoms. The average Bonchev–Trinajstić information content (AvgIpc) is 2.89. The first-order chi connectivity index (χ1) is 11.1. The van der Waals surface area contributed by atoms with Crippen molar-refractivity contribution in [1.82, 2.24) is 0 Å². The number of rotatable bonds is 2. The second-order valence-electron chi connectivity index (χ2n) is 9.41. The fourth-order valence-electron chi connectivity index (χ4n) is 6.91. The van der Waals surface area contributed by atoms with Crippen molar-refractivity contribution < 1.29 is 0 Å². The first-order valence-corrected chi connectivity index (χ1v) is 10.5. The van der Waals surface area contributed by atoms with Crippen LogP contribution in [0.25, 0.3) is 0 Å². The second-order valence-corrected chi connectivity index (χ2v) is 9.41. The van der Waals surface area contributed by atoms with Crippen LogP contribution in [0.3, 0.4) is 0 Å². The van der Waals surface area contributed by atoms with Gasteiger partial charge in [-0.25, -0.2) is 0 Å². The Morgan fingerprint density at radius 2 is 1.96 bits per heavy atom. The van der Waals surface area contributed by atoms with E-state index in [9.17, 15) is 0 Å². The molecule has 0 spiro atoms. The first kappa shape index (κ1) is 16.0. The molecule has 5 atom stereocenters. The van der Waals surface area contributed by atoms with Crippen molar-refractivity contribution >= 4 is 0 Å². The van der Waals surface area contributed by atoms with Gasteiger partial charge in [-0.15, -0.1) is 0 Å². The third kappa shape index (κ3) is 2.56. The van der Waals surface area contributed by atoms with E-state index in [0.29, 0.717) is 5.41 Å². The molecule has 4 aliphatic carbocycles. The van der Waals surface area contributed by atoms with Crippen LogP contribution in [0.2, 0.25) is 0 Å². The van der Waals surface area contributed by atoms with Gasteiger partial charge < -0.3 is 0 Å². The quantitative estimate of drug-likeness (QED) is 0.478. The van der Waals surface area contributed by atoms with Gasteiger partial charge in [0.1, 0.15) is 0 Å². The Labute approximate surface area is 143 Å². The van der Waals surface area contributed by atoms with E-state index in [-0.39, 0.29) is 0 Å². The highest BCUT2D eigenvalue weighted by atomic mass is 14.6. The summed E-state index contributed by atoms with van der Waals surface area (Å²) in [6.07, 6.45) is 18.4. The Hall–Kier alpha value is -0.520. The molecular formula is C23H36. The maximum atomic E-state index is 2.64. The highest BCUT2D eigenvalue weighted by molar-refractivity contribution is 5.30. The third-order valence-corrected chi connectivity index (χ3v) is 8.15. The van der Waals surface area contributed by atoms with Crippen LogP contribution >= 0.6 is 0 Å². The largest absolute Gasteiger partial charge is 0.0848 e. The van der Waals surface area contributed by atoms with Crippen LogP contribution in [-0.4, -0.2) is 0 Å². The molecule has 4 rings (SSSR count). The predicted molar refractivity (Wildman–Crippen MR) is 99.3 cm³/mol. The fraction of sp³-hybridized carbons (Fsp3) is 0.826. The van der Waals surface area contributed by atoms with Gasteiger partial charge in [0.2, 0.25) is 0 Å². The van der Waals surface area contributed by atoms with Crippen LogP contribution in [0.1, 0.15) is 91.4 Å². The van der Waals surface area contributed by atoms with Crippen molar-refractivity contribution in [2.45, 2.75) is 91.4 Å². The molecule has 2 fully saturated rings. The van der Waals surface area contributed by atoms with Crippen LogP contribution in [0.5, 0.6) is 0 Å². The van der Waals surface area contributed by atoms with Gasteiger partial charge in [0.15, 0.2) is 0 Å². The summed E-state index contributed by atoms with van der Waals surface area (Å²) in [4.78, 5) is 0. The van der Waals surface area contributed by atoms with E-state index in [2.05, 4.69) is 26.8 Å². The normalized spacial score (nSPS) is 44.9. The highest BCUT2D eigenvalue weighted by Gasteiger charge is 2.52. The van der Waals surface area contributed by atoms with Crippen molar-refractivity contribution in [3.8, 4) is 0 Å². The molecule has 0 amide bonds. The van der Waals surface area contributed by atoms with E-state index in [1.165, 1.54) is 70.6 Å². The molecule has 0 saturated heterocycles. The lowest BCUT2D eigenvalue weighted by Crippen LogP contribution is -2.42. The average molecular weight is 313 g/mol. The molecule has 0 N–H and O–H groups in total. The van der Waals surface area contributed by atoms with Gasteiger partial charge in [0.05, 0.1) is 0 Å². The summed E-state index contributed by atoms with van der Waals surface area (Å²) in [7, 11) is 0. The lowest BCUT2D eigenvalue weighted by Gasteiger charge is -2.51. The molecule has 23 heavy (non-hydrogen) atoms. The summed E-state index contributed by atoms with van der Waals surface area (Å²) < 4.78 is 0.